The lowest BCUT2D eigenvalue weighted by Crippen LogP contribution is -2.51. The van der Waals surface area contributed by atoms with Crippen LogP contribution in [0.15, 0.2) is 46.1 Å². The number of halogens is 1. The number of carbonyl (C=O) groups is 1. The highest BCUT2D eigenvalue weighted by molar-refractivity contribution is 6.03. The summed E-state index contributed by atoms with van der Waals surface area (Å²) in [5, 5.41) is 2.90. The lowest BCUT2D eigenvalue weighted by Gasteiger charge is -2.36. The zero-order valence-electron chi connectivity index (χ0n) is 16.0. The summed E-state index contributed by atoms with van der Waals surface area (Å²) in [6, 6.07) is 6.41. The van der Waals surface area contributed by atoms with Crippen LogP contribution in [0.25, 0.3) is 0 Å². The number of amidine groups is 1. The quantitative estimate of drug-likeness (QED) is 0.864. The van der Waals surface area contributed by atoms with Gasteiger partial charge in [0.2, 0.25) is 0 Å². The number of nitrogens with zero attached hydrogens (tertiary/aromatic N) is 5. The van der Waals surface area contributed by atoms with Gasteiger partial charge in [0.05, 0.1) is 12.4 Å². The standard InChI is InChI=1S/C20H25FN6O/c1-2-17-13-27-14-23-18(11-19(27)24-17)25-7-9-26(10-8-25)20(28)22-12-15-3-5-16(21)6-4-15/h3-6,11,14,17H,2,7-10,12-13H2,1H3,(H,22,28)/t17-/m0/s1. The molecule has 28 heavy (non-hydrogen) atoms. The fourth-order valence-corrected chi connectivity index (χ4v) is 3.55. The first kappa shape index (κ1) is 18.5. The maximum Gasteiger partial charge on any atom is 0.317 e. The Morgan fingerprint density at radius 3 is 2.68 bits per heavy atom. The molecule has 0 aromatic heterocycles. The summed E-state index contributed by atoms with van der Waals surface area (Å²) in [7, 11) is 0. The van der Waals surface area contributed by atoms with Crippen LogP contribution in [-0.2, 0) is 6.54 Å². The lowest BCUT2D eigenvalue weighted by atomic mass is 10.2. The molecule has 7 nitrogen and oxygen atoms in total. The van der Waals surface area contributed by atoms with Gasteiger partial charge in [0, 0.05) is 45.3 Å². The number of rotatable bonds is 4. The number of urea groups is 1. The second kappa shape index (κ2) is 8.00. The molecule has 1 aromatic rings. The predicted molar refractivity (Wildman–Crippen MR) is 107 cm³/mol. The van der Waals surface area contributed by atoms with Crippen molar-refractivity contribution >= 4 is 18.2 Å². The van der Waals surface area contributed by atoms with Crippen LogP contribution in [0.5, 0.6) is 0 Å². The van der Waals surface area contributed by atoms with E-state index in [4.69, 9.17) is 4.99 Å². The summed E-state index contributed by atoms with van der Waals surface area (Å²) in [6.07, 6.45) is 4.94. The number of benzene rings is 1. The van der Waals surface area contributed by atoms with E-state index >= 15 is 0 Å². The zero-order valence-corrected chi connectivity index (χ0v) is 16.0. The third-order valence-corrected chi connectivity index (χ3v) is 5.32. The Balaban J connectivity index is 1.28. The number of hydrogen-bond donors (Lipinski definition) is 1. The average molecular weight is 384 g/mol. The van der Waals surface area contributed by atoms with E-state index in [1.54, 1.807) is 17.0 Å². The van der Waals surface area contributed by atoms with Gasteiger partial charge in [-0.05, 0) is 24.1 Å². The minimum Gasteiger partial charge on any atom is -0.353 e. The van der Waals surface area contributed by atoms with Gasteiger partial charge in [0.15, 0.2) is 0 Å². The number of amides is 2. The lowest BCUT2D eigenvalue weighted by molar-refractivity contribution is 0.156. The SMILES string of the molecule is CC[C@H]1CN2C=NC(N3CCN(C(=O)NCc4ccc(F)cc4)CC3)=CC2=N1. The molecule has 2 amide bonds. The van der Waals surface area contributed by atoms with Gasteiger partial charge in [0.25, 0.3) is 0 Å². The maximum absolute atomic E-state index is 13.0. The fourth-order valence-electron chi connectivity index (χ4n) is 3.55. The van der Waals surface area contributed by atoms with Gasteiger partial charge >= 0.3 is 6.03 Å². The fraction of sp³-hybridized carbons (Fsp3) is 0.450. The van der Waals surface area contributed by atoms with E-state index in [1.165, 1.54) is 12.1 Å². The summed E-state index contributed by atoms with van der Waals surface area (Å²) in [5.74, 6) is 1.62. The molecular weight excluding hydrogens is 359 g/mol. The van der Waals surface area contributed by atoms with Crippen LogP contribution in [-0.4, -0.2) is 71.7 Å². The number of nitrogens with one attached hydrogen (secondary N) is 1. The van der Waals surface area contributed by atoms with Gasteiger partial charge in [-0.3, -0.25) is 4.99 Å². The van der Waals surface area contributed by atoms with Gasteiger partial charge < -0.3 is 20.0 Å². The molecule has 1 aromatic carbocycles. The Labute approximate surface area is 164 Å². The second-order valence-electron chi connectivity index (χ2n) is 7.21. The van der Waals surface area contributed by atoms with Crippen molar-refractivity contribution in [1.29, 1.82) is 0 Å². The molecule has 0 radical (unpaired) electrons. The molecule has 1 N–H and O–H groups in total. The van der Waals surface area contributed by atoms with Crippen LogP contribution in [0.3, 0.4) is 0 Å². The number of fused-ring (bicyclic) bond motifs is 1. The first-order chi connectivity index (χ1) is 13.6. The normalized spacial score (nSPS) is 21.4. The highest BCUT2D eigenvalue weighted by Crippen LogP contribution is 2.19. The molecule has 3 aliphatic rings. The molecule has 1 atom stereocenters. The Kier molecular flexibility index (Phi) is 5.27. The number of carbonyl (C=O) groups excluding carboxylic acids is 1. The molecule has 0 saturated carbocycles. The van der Waals surface area contributed by atoms with Gasteiger partial charge in [-0.2, -0.15) is 0 Å². The monoisotopic (exact) mass is 384 g/mol. The largest absolute Gasteiger partial charge is 0.353 e. The molecule has 0 unspecified atom stereocenters. The van der Waals surface area contributed by atoms with Crippen molar-refractivity contribution in [3.63, 3.8) is 0 Å². The van der Waals surface area contributed by atoms with Gasteiger partial charge in [-0.1, -0.05) is 19.1 Å². The molecule has 0 bridgehead atoms. The number of hydrogen-bond acceptors (Lipinski definition) is 5. The summed E-state index contributed by atoms with van der Waals surface area (Å²) in [4.78, 5) is 27.8. The minimum atomic E-state index is -0.275. The minimum absolute atomic E-state index is 0.0952. The smallest absolute Gasteiger partial charge is 0.317 e. The van der Waals surface area contributed by atoms with Crippen molar-refractivity contribution in [3.05, 3.63) is 47.5 Å². The molecule has 8 heteroatoms. The highest BCUT2D eigenvalue weighted by atomic mass is 19.1. The van der Waals surface area contributed by atoms with E-state index in [0.29, 0.717) is 25.7 Å². The number of piperazine rings is 1. The third kappa shape index (κ3) is 4.00. The maximum atomic E-state index is 13.0. The van der Waals surface area contributed by atoms with Crippen LogP contribution in [0.2, 0.25) is 0 Å². The van der Waals surface area contributed by atoms with Crippen molar-refractivity contribution in [1.82, 2.24) is 20.0 Å². The Morgan fingerprint density at radius 2 is 1.96 bits per heavy atom. The topological polar surface area (TPSA) is 63.5 Å². The summed E-state index contributed by atoms with van der Waals surface area (Å²) >= 11 is 0. The summed E-state index contributed by atoms with van der Waals surface area (Å²) < 4.78 is 13.0. The van der Waals surface area contributed by atoms with Crippen molar-refractivity contribution in [2.75, 3.05) is 32.7 Å². The van der Waals surface area contributed by atoms with Crippen LogP contribution in [0, 0.1) is 5.82 Å². The first-order valence-corrected chi connectivity index (χ1v) is 9.75. The average Bonchev–Trinajstić information content (AvgIpc) is 3.16. The molecule has 0 spiro atoms. The van der Waals surface area contributed by atoms with Gasteiger partial charge in [-0.15, -0.1) is 0 Å². The van der Waals surface area contributed by atoms with Crippen LogP contribution in [0.4, 0.5) is 9.18 Å². The molecule has 148 valence electrons. The van der Waals surface area contributed by atoms with E-state index in [1.807, 2.05) is 12.4 Å². The van der Waals surface area contributed by atoms with Crippen molar-refractivity contribution in [2.24, 2.45) is 9.98 Å². The molecular formula is C20H25FN6O. The predicted octanol–water partition coefficient (Wildman–Crippen LogP) is 2.03. The van der Waals surface area contributed by atoms with Crippen LogP contribution >= 0.6 is 0 Å². The van der Waals surface area contributed by atoms with Gasteiger partial charge in [0.1, 0.15) is 17.5 Å². The van der Waals surface area contributed by atoms with E-state index in [-0.39, 0.29) is 11.8 Å². The zero-order chi connectivity index (χ0) is 19.5. The van der Waals surface area contributed by atoms with E-state index in [2.05, 4.69) is 27.0 Å². The first-order valence-electron chi connectivity index (χ1n) is 9.75. The second-order valence-corrected chi connectivity index (χ2v) is 7.21. The van der Waals surface area contributed by atoms with Crippen molar-refractivity contribution in [3.8, 4) is 0 Å². The molecule has 1 fully saturated rings. The van der Waals surface area contributed by atoms with E-state index in [0.717, 1.165) is 43.3 Å². The molecule has 1 saturated heterocycles. The summed E-state index contributed by atoms with van der Waals surface area (Å²) in [6.45, 7) is 6.18. The Bertz CT molecular complexity index is 810. The van der Waals surface area contributed by atoms with Crippen molar-refractivity contribution in [2.45, 2.75) is 25.9 Å². The van der Waals surface area contributed by atoms with Crippen LogP contribution < -0.4 is 5.32 Å². The number of aliphatic imine (C=N–C) groups is 2. The van der Waals surface area contributed by atoms with E-state index < -0.39 is 0 Å². The molecule has 3 aliphatic heterocycles. The highest BCUT2D eigenvalue weighted by Gasteiger charge is 2.27. The van der Waals surface area contributed by atoms with Gasteiger partial charge in [-0.25, -0.2) is 14.2 Å². The third-order valence-electron chi connectivity index (χ3n) is 5.32. The van der Waals surface area contributed by atoms with E-state index in [9.17, 15) is 9.18 Å². The Morgan fingerprint density at radius 1 is 1.21 bits per heavy atom. The van der Waals surface area contributed by atoms with Crippen molar-refractivity contribution < 1.29 is 9.18 Å². The molecule has 3 heterocycles. The molecule has 4 rings (SSSR count). The Hall–Kier alpha value is -2.90. The summed E-state index contributed by atoms with van der Waals surface area (Å²) in [5.41, 5.74) is 0.877. The van der Waals surface area contributed by atoms with Crippen LogP contribution in [0.1, 0.15) is 18.9 Å². The molecule has 0 aliphatic carbocycles.